The highest BCUT2D eigenvalue weighted by Crippen LogP contribution is 2.26. The molecule has 5 heteroatoms. The molecule has 1 atom stereocenters. The molecule has 2 amide bonds. The van der Waals surface area contributed by atoms with Gasteiger partial charge in [0.25, 0.3) is 5.91 Å². The van der Waals surface area contributed by atoms with Crippen LogP contribution in [0.5, 0.6) is 0 Å². The van der Waals surface area contributed by atoms with Crippen LogP contribution in [-0.4, -0.2) is 40.4 Å². The number of amides is 2. The largest absolute Gasteiger partial charge is 0.353 e. The van der Waals surface area contributed by atoms with Gasteiger partial charge in [-0.3, -0.25) is 9.59 Å². The topological polar surface area (TPSA) is 54.3 Å². The van der Waals surface area contributed by atoms with E-state index in [1.807, 2.05) is 54.4 Å². The smallest absolute Gasteiger partial charge is 0.256 e. The number of para-hydroxylation sites is 1. The molecule has 1 aliphatic heterocycles. The van der Waals surface area contributed by atoms with Crippen LogP contribution in [0.4, 0.5) is 0 Å². The van der Waals surface area contributed by atoms with Gasteiger partial charge >= 0.3 is 0 Å². The molecule has 32 heavy (non-hydrogen) atoms. The number of benzene rings is 2. The van der Waals surface area contributed by atoms with Crippen LogP contribution in [0.25, 0.3) is 10.9 Å². The fourth-order valence-electron chi connectivity index (χ4n) is 4.35. The van der Waals surface area contributed by atoms with E-state index in [0.717, 1.165) is 23.0 Å². The van der Waals surface area contributed by atoms with E-state index in [-0.39, 0.29) is 23.8 Å². The van der Waals surface area contributed by atoms with E-state index in [1.165, 1.54) is 5.56 Å². The van der Waals surface area contributed by atoms with Crippen LogP contribution in [-0.2, 0) is 11.3 Å². The predicted molar refractivity (Wildman–Crippen MR) is 129 cm³/mol. The zero-order chi connectivity index (χ0) is 22.7. The number of carbonyl (C=O) groups excluding carboxylic acids is 2. The Morgan fingerprint density at radius 2 is 1.62 bits per heavy atom. The molecule has 1 aliphatic rings. The van der Waals surface area contributed by atoms with Crippen LogP contribution < -0.4 is 5.32 Å². The second-order valence-electron chi connectivity index (χ2n) is 9.28. The Labute approximate surface area is 190 Å². The Bertz CT molecular complexity index is 1080. The first-order valence-electron chi connectivity index (χ1n) is 11.7. The molecule has 0 aliphatic carbocycles. The number of hydrogen-bond donors (Lipinski definition) is 1. The van der Waals surface area contributed by atoms with Crippen LogP contribution in [0, 0.1) is 11.8 Å². The minimum atomic E-state index is -0.0142. The molecule has 4 rings (SSSR count). The first-order chi connectivity index (χ1) is 15.4. The molecule has 1 saturated heterocycles. The normalized spacial score (nSPS) is 15.8. The third kappa shape index (κ3) is 4.72. The van der Waals surface area contributed by atoms with Crippen molar-refractivity contribution in [1.29, 1.82) is 0 Å². The van der Waals surface area contributed by atoms with Crippen LogP contribution in [0.15, 0.2) is 60.8 Å². The Balaban J connectivity index is 1.47. The number of hydrogen-bond acceptors (Lipinski definition) is 2. The molecule has 1 aromatic heterocycles. The summed E-state index contributed by atoms with van der Waals surface area (Å²) in [4.78, 5) is 27.9. The third-order valence-electron chi connectivity index (χ3n) is 6.74. The lowest BCUT2D eigenvalue weighted by Crippen LogP contribution is -2.45. The van der Waals surface area contributed by atoms with Crippen molar-refractivity contribution < 1.29 is 9.59 Å². The quantitative estimate of drug-likeness (QED) is 0.615. The number of nitrogens with zero attached hydrogens (tertiary/aromatic N) is 2. The summed E-state index contributed by atoms with van der Waals surface area (Å²) < 4.78 is 2.16. The summed E-state index contributed by atoms with van der Waals surface area (Å²) in [7, 11) is 0. The molecule has 0 saturated carbocycles. The van der Waals surface area contributed by atoms with Gasteiger partial charge in [-0.2, -0.15) is 0 Å². The first kappa shape index (κ1) is 22.1. The molecule has 1 unspecified atom stereocenters. The highest BCUT2D eigenvalue weighted by Gasteiger charge is 2.30. The summed E-state index contributed by atoms with van der Waals surface area (Å²) in [6.45, 7) is 8.23. The standard InChI is InChI=1S/C27H33N3O2/c1-19(2)20(3)28-26(31)22-13-15-29(16-14-22)27(32)24-18-30(17-21-9-5-4-6-10-21)25-12-8-7-11-23(24)25/h4-12,18-20,22H,13-17H2,1-3H3,(H,28,31). The number of likely N-dealkylation sites (tertiary alicyclic amines) is 1. The van der Waals surface area contributed by atoms with Gasteiger partial charge in [-0.05, 0) is 37.3 Å². The molecule has 0 spiro atoms. The van der Waals surface area contributed by atoms with Gasteiger partial charge < -0.3 is 14.8 Å². The molecular weight excluding hydrogens is 398 g/mol. The van der Waals surface area contributed by atoms with Crippen molar-refractivity contribution in [3.05, 3.63) is 71.9 Å². The Kier molecular flexibility index (Phi) is 6.63. The van der Waals surface area contributed by atoms with Crippen molar-refractivity contribution in [2.75, 3.05) is 13.1 Å². The monoisotopic (exact) mass is 431 g/mol. The predicted octanol–water partition coefficient (Wildman–Crippen LogP) is 4.70. The summed E-state index contributed by atoms with van der Waals surface area (Å²) in [6, 6.07) is 18.6. The molecule has 2 heterocycles. The fourth-order valence-corrected chi connectivity index (χ4v) is 4.35. The Hall–Kier alpha value is -3.08. The lowest BCUT2D eigenvalue weighted by Gasteiger charge is -2.32. The van der Waals surface area contributed by atoms with Gasteiger partial charge in [0.05, 0.1) is 5.56 Å². The van der Waals surface area contributed by atoms with Crippen molar-refractivity contribution in [2.45, 2.75) is 46.2 Å². The van der Waals surface area contributed by atoms with Crippen molar-refractivity contribution in [3.63, 3.8) is 0 Å². The van der Waals surface area contributed by atoms with Gasteiger partial charge in [-0.1, -0.05) is 62.4 Å². The second kappa shape index (κ2) is 9.60. The van der Waals surface area contributed by atoms with E-state index in [0.29, 0.717) is 31.8 Å². The summed E-state index contributed by atoms with van der Waals surface area (Å²) in [6.07, 6.45) is 3.42. The van der Waals surface area contributed by atoms with Crippen molar-refractivity contribution in [3.8, 4) is 0 Å². The highest BCUT2D eigenvalue weighted by molar-refractivity contribution is 6.07. The van der Waals surface area contributed by atoms with E-state index in [2.05, 4.69) is 41.9 Å². The summed E-state index contributed by atoms with van der Waals surface area (Å²) >= 11 is 0. The van der Waals surface area contributed by atoms with Crippen LogP contribution in [0.3, 0.4) is 0 Å². The van der Waals surface area contributed by atoms with Crippen molar-refractivity contribution in [1.82, 2.24) is 14.8 Å². The number of nitrogens with one attached hydrogen (secondary N) is 1. The minimum absolute atomic E-state index is 0.0142. The zero-order valence-electron chi connectivity index (χ0n) is 19.3. The molecule has 5 nitrogen and oxygen atoms in total. The lowest BCUT2D eigenvalue weighted by molar-refractivity contribution is -0.127. The van der Waals surface area contributed by atoms with Gasteiger partial charge in [0.2, 0.25) is 5.91 Å². The van der Waals surface area contributed by atoms with Gasteiger partial charge in [-0.25, -0.2) is 0 Å². The van der Waals surface area contributed by atoms with Gasteiger partial charge in [0.1, 0.15) is 0 Å². The highest BCUT2D eigenvalue weighted by atomic mass is 16.2. The average molecular weight is 432 g/mol. The lowest BCUT2D eigenvalue weighted by atomic mass is 9.94. The molecular formula is C27H33N3O2. The van der Waals surface area contributed by atoms with E-state index in [9.17, 15) is 9.59 Å². The molecule has 1 N–H and O–H groups in total. The summed E-state index contributed by atoms with van der Waals surface area (Å²) in [5, 5.41) is 4.11. The van der Waals surface area contributed by atoms with Crippen LogP contribution in [0.1, 0.15) is 49.5 Å². The molecule has 0 radical (unpaired) electrons. The maximum absolute atomic E-state index is 13.4. The van der Waals surface area contributed by atoms with E-state index < -0.39 is 0 Å². The van der Waals surface area contributed by atoms with Crippen molar-refractivity contribution >= 4 is 22.7 Å². The van der Waals surface area contributed by atoms with Gasteiger partial charge in [-0.15, -0.1) is 0 Å². The second-order valence-corrected chi connectivity index (χ2v) is 9.28. The SMILES string of the molecule is CC(C)C(C)NC(=O)C1CCN(C(=O)c2cn(Cc3ccccc3)c3ccccc23)CC1. The number of aromatic nitrogens is 1. The molecule has 0 bridgehead atoms. The first-order valence-corrected chi connectivity index (χ1v) is 11.7. The van der Waals surface area contributed by atoms with Gasteiger partial charge in [0, 0.05) is 48.7 Å². The van der Waals surface area contributed by atoms with Crippen LogP contribution in [0.2, 0.25) is 0 Å². The maximum Gasteiger partial charge on any atom is 0.256 e. The van der Waals surface area contributed by atoms with E-state index >= 15 is 0 Å². The number of carbonyl (C=O) groups is 2. The van der Waals surface area contributed by atoms with E-state index in [1.54, 1.807) is 0 Å². The Morgan fingerprint density at radius 1 is 0.969 bits per heavy atom. The average Bonchev–Trinajstić information content (AvgIpc) is 3.17. The summed E-state index contributed by atoms with van der Waals surface area (Å²) in [5.41, 5.74) is 3.01. The van der Waals surface area contributed by atoms with E-state index in [4.69, 9.17) is 0 Å². The third-order valence-corrected chi connectivity index (χ3v) is 6.74. The molecule has 168 valence electrons. The molecule has 3 aromatic rings. The summed E-state index contributed by atoms with van der Waals surface area (Å²) in [5.74, 6) is 0.577. The maximum atomic E-state index is 13.4. The Morgan fingerprint density at radius 3 is 2.31 bits per heavy atom. The van der Waals surface area contributed by atoms with Crippen molar-refractivity contribution in [2.24, 2.45) is 11.8 Å². The fraction of sp³-hybridized carbons (Fsp3) is 0.407. The number of piperidine rings is 1. The molecule has 1 fully saturated rings. The zero-order valence-corrected chi connectivity index (χ0v) is 19.3. The molecule has 2 aromatic carbocycles. The van der Waals surface area contributed by atoms with Gasteiger partial charge in [0.15, 0.2) is 0 Å². The number of fused-ring (bicyclic) bond motifs is 1. The van der Waals surface area contributed by atoms with Crippen LogP contribution >= 0.6 is 0 Å². The minimum Gasteiger partial charge on any atom is -0.353 e. The number of rotatable bonds is 6.